The van der Waals surface area contributed by atoms with Gasteiger partial charge in [0.1, 0.15) is 0 Å². The minimum Gasteiger partial charge on any atom is -0.233 e. The van der Waals surface area contributed by atoms with Gasteiger partial charge in [-0.05, 0) is 86.1 Å². The van der Waals surface area contributed by atoms with E-state index in [-0.39, 0.29) is 8.27 Å². The van der Waals surface area contributed by atoms with E-state index in [0.717, 1.165) is 12.1 Å². The van der Waals surface area contributed by atoms with Gasteiger partial charge in [-0.3, -0.25) is 0 Å². The fourth-order valence-electron chi connectivity index (χ4n) is 5.87. The summed E-state index contributed by atoms with van der Waals surface area (Å²) in [6, 6.07) is 17.9. The summed E-state index contributed by atoms with van der Waals surface area (Å²) in [7, 11) is 0. The summed E-state index contributed by atoms with van der Waals surface area (Å²) < 4.78 is 2.13. The first kappa shape index (κ1) is 22.6. The Bertz CT molecular complexity index is 1100. The van der Waals surface area contributed by atoms with Crippen molar-refractivity contribution in [3.05, 3.63) is 88.2 Å². The summed E-state index contributed by atoms with van der Waals surface area (Å²) in [5.74, 6) is 1.23. The summed E-state index contributed by atoms with van der Waals surface area (Å²) in [5, 5.41) is 4.80. The normalized spacial score (nSPS) is 22.7. The van der Waals surface area contributed by atoms with Crippen LogP contribution in [0.4, 0.5) is 0 Å². The average Bonchev–Trinajstić information content (AvgIpc) is 3.20. The molecule has 0 spiro atoms. The maximum Gasteiger partial charge on any atom is 0.0700 e. The van der Waals surface area contributed by atoms with Gasteiger partial charge in [0, 0.05) is 2.85 Å². The number of benzene rings is 2. The van der Waals surface area contributed by atoms with E-state index in [4.69, 9.17) is 5.10 Å². The van der Waals surface area contributed by atoms with Gasteiger partial charge in [-0.2, -0.15) is 5.10 Å². The quantitative estimate of drug-likeness (QED) is 0.407. The number of aryl methyl sites for hydroxylation is 2. The van der Waals surface area contributed by atoms with Crippen LogP contribution in [0.2, 0.25) is 0 Å². The maximum absolute atomic E-state index is 4.80. The molecule has 0 saturated heterocycles. The minimum atomic E-state index is 0. The third-order valence-electron chi connectivity index (χ3n) is 7.75. The molecule has 1 saturated carbocycles. The van der Waals surface area contributed by atoms with Crippen LogP contribution in [0.3, 0.4) is 0 Å². The van der Waals surface area contributed by atoms with Crippen LogP contribution in [0.1, 0.15) is 83.7 Å². The lowest BCUT2D eigenvalue weighted by molar-refractivity contribution is 0.155. The number of aromatic nitrogens is 2. The fraction of sp³-hybridized carbons (Fsp3) is 0.433. The van der Waals surface area contributed by atoms with Crippen LogP contribution in [0, 0.1) is 25.2 Å². The van der Waals surface area contributed by atoms with Crippen molar-refractivity contribution >= 4 is 6.08 Å². The lowest BCUT2D eigenvalue weighted by Crippen LogP contribution is -2.39. The van der Waals surface area contributed by atoms with E-state index in [1.807, 2.05) is 13.8 Å². The topological polar surface area (TPSA) is 17.8 Å². The van der Waals surface area contributed by atoms with Crippen molar-refractivity contribution in [3.63, 3.8) is 0 Å². The molecule has 2 nitrogen and oxygen atoms in total. The number of hydrogen-bond acceptors (Lipinski definition) is 1. The Hall–Kier alpha value is -2.61. The first-order valence-electron chi connectivity index (χ1n) is 12.4. The summed E-state index contributed by atoms with van der Waals surface area (Å²) in [4.78, 5) is 0. The van der Waals surface area contributed by atoms with Crippen molar-refractivity contribution in [2.45, 2.75) is 73.1 Å². The van der Waals surface area contributed by atoms with Gasteiger partial charge >= 0.3 is 0 Å². The van der Waals surface area contributed by atoms with Crippen molar-refractivity contribution in [3.8, 4) is 5.69 Å². The highest BCUT2D eigenvalue weighted by Crippen LogP contribution is 2.55. The second-order valence-corrected chi connectivity index (χ2v) is 9.76. The van der Waals surface area contributed by atoms with E-state index in [1.54, 1.807) is 5.57 Å². The number of hydrogen-bond donors (Lipinski definition) is 0. The molecule has 2 aliphatic rings. The minimum absolute atomic E-state index is 0. The Morgan fingerprint density at radius 2 is 1.62 bits per heavy atom. The Morgan fingerprint density at radius 3 is 2.28 bits per heavy atom. The molecule has 0 N–H and O–H groups in total. The highest BCUT2D eigenvalue weighted by atomic mass is 15.3. The van der Waals surface area contributed by atoms with Crippen LogP contribution in [-0.4, -0.2) is 9.78 Å². The van der Waals surface area contributed by atoms with Gasteiger partial charge in [0.25, 0.3) is 0 Å². The zero-order valence-electron chi connectivity index (χ0n) is 20.7. The van der Waals surface area contributed by atoms with Gasteiger partial charge in [0.05, 0.1) is 17.6 Å². The molecule has 1 aromatic heterocycles. The second-order valence-electron chi connectivity index (χ2n) is 9.76. The highest BCUT2D eigenvalue weighted by Gasteiger charge is 2.45. The van der Waals surface area contributed by atoms with Crippen LogP contribution in [0.15, 0.2) is 60.3 Å². The Balaban J connectivity index is 0.000000995. The molecule has 0 unspecified atom stereocenters. The summed E-state index contributed by atoms with van der Waals surface area (Å²) in [6.45, 7) is 13.3. The standard InChI is InChI=1S/C28H32N2.C2H6.2H2/c1-19-8-12-22(13-9-19)21(3)26-7-5-6-24-16-27-23(17-28(24,26)4)18-29-30(27)25-14-10-20(2)11-15-25;1-2;;/h8-16,18,21,26H,5-7,17H2,1-4H3;1-2H3;2*1H/t21-,26+,28-;;;/m0.../s1. The van der Waals surface area contributed by atoms with Crippen LogP contribution in [0.25, 0.3) is 11.8 Å². The third kappa shape index (κ3) is 3.96. The smallest absolute Gasteiger partial charge is 0.0700 e. The van der Waals surface area contributed by atoms with Gasteiger partial charge < -0.3 is 0 Å². The number of fused-ring (bicyclic) bond motifs is 2. The molecule has 32 heavy (non-hydrogen) atoms. The average molecular weight is 431 g/mol. The maximum atomic E-state index is 4.80. The van der Waals surface area contributed by atoms with E-state index in [0.29, 0.717) is 11.8 Å². The first-order valence-corrected chi connectivity index (χ1v) is 12.4. The first-order chi connectivity index (χ1) is 15.5. The summed E-state index contributed by atoms with van der Waals surface area (Å²) in [6.07, 6.45) is 9.49. The van der Waals surface area contributed by atoms with Gasteiger partial charge in [-0.15, -0.1) is 0 Å². The Morgan fingerprint density at radius 1 is 1.00 bits per heavy atom. The number of allylic oxidation sites excluding steroid dienone is 1. The van der Waals surface area contributed by atoms with Crippen molar-refractivity contribution in [1.82, 2.24) is 9.78 Å². The Labute approximate surface area is 197 Å². The van der Waals surface area contributed by atoms with Crippen molar-refractivity contribution in [1.29, 1.82) is 0 Å². The van der Waals surface area contributed by atoms with Crippen LogP contribution < -0.4 is 0 Å². The molecule has 0 bridgehead atoms. The number of nitrogens with zero attached hydrogens (tertiary/aromatic N) is 2. The molecular formula is C30H42N2. The molecule has 0 amide bonds. The predicted octanol–water partition coefficient (Wildman–Crippen LogP) is 8.56. The molecule has 1 heterocycles. The van der Waals surface area contributed by atoms with E-state index in [2.05, 4.69) is 93.2 Å². The van der Waals surface area contributed by atoms with E-state index in [1.165, 1.54) is 47.2 Å². The molecule has 1 fully saturated rings. The molecule has 0 aliphatic heterocycles. The summed E-state index contributed by atoms with van der Waals surface area (Å²) in [5.41, 5.74) is 9.78. The largest absolute Gasteiger partial charge is 0.233 e. The van der Waals surface area contributed by atoms with E-state index >= 15 is 0 Å². The van der Waals surface area contributed by atoms with Crippen molar-refractivity contribution in [2.24, 2.45) is 11.3 Å². The SMILES string of the molecule is CC.Cc1ccc([C@H](C)[C@H]2CCCC3=Cc4c(cnn4-c4ccc(C)cc4)C[C@@]32C)cc1.[HH].[HH]. The zero-order valence-corrected chi connectivity index (χ0v) is 20.7. The van der Waals surface area contributed by atoms with Gasteiger partial charge in [-0.25, -0.2) is 4.68 Å². The van der Waals surface area contributed by atoms with Gasteiger partial charge in [0.15, 0.2) is 0 Å². The monoisotopic (exact) mass is 430 g/mol. The van der Waals surface area contributed by atoms with Crippen molar-refractivity contribution in [2.75, 3.05) is 0 Å². The molecule has 172 valence electrons. The molecule has 2 aromatic carbocycles. The molecule has 2 heteroatoms. The second kappa shape index (κ2) is 9.10. The van der Waals surface area contributed by atoms with Gasteiger partial charge in [-0.1, -0.05) is 80.8 Å². The van der Waals surface area contributed by atoms with Crippen LogP contribution in [-0.2, 0) is 6.42 Å². The molecule has 3 atom stereocenters. The lowest BCUT2D eigenvalue weighted by Gasteiger charge is -2.48. The third-order valence-corrected chi connectivity index (χ3v) is 7.75. The van der Waals surface area contributed by atoms with E-state index < -0.39 is 0 Å². The Kier molecular flexibility index (Phi) is 6.42. The van der Waals surface area contributed by atoms with Crippen LogP contribution in [0.5, 0.6) is 0 Å². The molecule has 0 radical (unpaired) electrons. The molecule has 3 aromatic rings. The van der Waals surface area contributed by atoms with Crippen molar-refractivity contribution < 1.29 is 2.85 Å². The number of rotatable bonds is 3. The van der Waals surface area contributed by atoms with Crippen LogP contribution >= 0.6 is 0 Å². The summed E-state index contributed by atoms with van der Waals surface area (Å²) >= 11 is 0. The zero-order chi connectivity index (χ0) is 22.9. The molecule has 2 aliphatic carbocycles. The lowest BCUT2D eigenvalue weighted by atomic mass is 9.56. The van der Waals surface area contributed by atoms with Gasteiger partial charge in [0.2, 0.25) is 0 Å². The predicted molar refractivity (Wildman–Crippen MR) is 141 cm³/mol. The molecule has 5 rings (SSSR count). The molecular weight excluding hydrogens is 388 g/mol. The highest BCUT2D eigenvalue weighted by molar-refractivity contribution is 5.61. The fourth-order valence-corrected chi connectivity index (χ4v) is 5.87. The van der Waals surface area contributed by atoms with E-state index in [9.17, 15) is 0 Å².